The van der Waals surface area contributed by atoms with Crippen molar-refractivity contribution in [3.8, 4) is 39.1 Å². The molecule has 0 spiro atoms. The maximum Gasteiger partial charge on any atom is 0.0562 e. The Morgan fingerprint density at radius 2 is 0.895 bits per heavy atom. The lowest BCUT2D eigenvalue weighted by molar-refractivity contribution is 1.18. The van der Waals surface area contributed by atoms with E-state index in [-0.39, 0.29) is 0 Å². The van der Waals surface area contributed by atoms with Crippen LogP contribution in [-0.4, -0.2) is 4.57 Å². The smallest absolute Gasteiger partial charge is 0.0562 e. The molecule has 9 aromatic carbocycles. The van der Waals surface area contributed by atoms with Gasteiger partial charge >= 0.3 is 0 Å². The molecule has 2 aromatic heterocycles. The second kappa shape index (κ2) is 13.8. The van der Waals surface area contributed by atoms with Crippen molar-refractivity contribution in [1.29, 1.82) is 0 Å². The van der Waals surface area contributed by atoms with Gasteiger partial charge in [-0.3, -0.25) is 0 Å². The van der Waals surface area contributed by atoms with E-state index in [0.29, 0.717) is 0 Å². The Kier molecular flexibility index (Phi) is 8.04. The summed E-state index contributed by atoms with van der Waals surface area (Å²) in [5, 5.41) is 5.07. The first-order valence-corrected chi connectivity index (χ1v) is 20.2. The molecule has 0 aliphatic rings. The monoisotopic (exact) mass is 744 g/mol. The molecule has 0 aliphatic carbocycles. The highest BCUT2D eigenvalue weighted by Gasteiger charge is 2.21. The van der Waals surface area contributed by atoms with E-state index in [2.05, 4.69) is 228 Å². The van der Waals surface area contributed by atoms with Crippen molar-refractivity contribution in [1.82, 2.24) is 4.57 Å². The van der Waals surface area contributed by atoms with E-state index in [1.54, 1.807) is 0 Å². The standard InChI is InChI=1S/C54H36N2S/c1-4-14-37(15-5-1)39-26-28-43(29-27-39)55(45-30-32-48-47-22-10-11-25-52(47)57-53(48)36-45)44-31-33-49-51(35-44)56(42-20-8-3-9-21-42)50-24-13-23-46(54(49)50)41-19-12-18-40(34-41)38-16-6-2-7-17-38/h1-36H. The van der Waals surface area contributed by atoms with Crippen molar-refractivity contribution in [3.05, 3.63) is 218 Å². The summed E-state index contributed by atoms with van der Waals surface area (Å²) in [5.74, 6) is 0. The van der Waals surface area contributed by atoms with Crippen LogP contribution in [0.1, 0.15) is 0 Å². The minimum absolute atomic E-state index is 1.10. The number of nitrogens with zero attached hydrogens (tertiary/aromatic N) is 2. The first-order valence-electron chi connectivity index (χ1n) is 19.4. The van der Waals surface area contributed by atoms with Crippen molar-refractivity contribution in [2.75, 3.05) is 4.90 Å². The maximum absolute atomic E-state index is 2.44. The third kappa shape index (κ3) is 5.80. The topological polar surface area (TPSA) is 8.17 Å². The maximum atomic E-state index is 2.44. The molecule has 0 unspecified atom stereocenters. The van der Waals surface area contributed by atoms with Gasteiger partial charge in [-0.15, -0.1) is 11.3 Å². The van der Waals surface area contributed by atoms with Gasteiger partial charge in [0.2, 0.25) is 0 Å². The van der Waals surface area contributed by atoms with Gasteiger partial charge in [0.1, 0.15) is 0 Å². The summed E-state index contributed by atoms with van der Waals surface area (Å²) in [6, 6.07) is 79.4. The van der Waals surface area contributed by atoms with Crippen molar-refractivity contribution in [3.63, 3.8) is 0 Å². The fourth-order valence-corrected chi connectivity index (χ4v) is 9.66. The zero-order chi connectivity index (χ0) is 37.7. The molecule has 0 radical (unpaired) electrons. The molecular formula is C54H36N2S. The van der Waals surface area contributed by atoms with E-state index in [4.69, 9.17) is 0 Å². The van der Waals surface area contributed by atoms with Gasteiger partial charge in [-0.2, -0.15) is 0 Å². The summed E-state index contributed by atoms with van der Waals surface area (Å²) in [6.45, 7) is 0. The van der Waals surface area contributed by atoms with Crippen LogP contribution >= 0.6 is 11.3 Å². The molecule has 0 atom stereocenters. The molecule has 0 aliphatic heterocycles. The van der Waals surface area contributed by atoms with Gasteiger partial charge in [-0.25, -0.2) is 0 Å². The first kappa shape index (κ1) is 33.2. The number of aromatic nitrogens is 1. The Bertz CT molecular complexity index is 3220. The zero-order valence-corrected chi connectivity index (χ0v) is 31.9. The molecule has 2 heterocycles. The second-order valence-electron chi connectivity index (χ2n) is 14.5. The van der Waals surface area contributed by atoms with E-state index in [1.165, 1.54) is 69.8 Å². The predicted octanol–water partition coefficient (Wildman–Crippen LogP) is 15.6. The lowest BCUT2D eigenvalue weighted by Crippen LogP contribution is -2.10. The fourth-order valence-electron chi connectivity index (χ4n) is 8.52. The van der Waals surface area contributed by atoms with Crippen molar-refractivity contribution in [2.24, 2.45) is 0 Å². The van der Waals surface area contributed by atoms with Gasteiger partial charge in [-0.1, -0.05) is 152 Å². The summed E-state index contributed by atoms with van der Waals surface area (Å²) >= 11 is 1.86. The first-order chi connectivity index (χ1) is 28.3. The number of fused-ring (bicyclic) bond motifs is 6. The van der Waals surface area contributed by atoms with Crippen LogP contribution < -0.4 is 4.90 Å². The number of hydrogen-bond donors (Lipinski definition) is 0. The minimum atomic E-state index is 1.10. The number of thiophene rings is 1. The lowest BCUT2D eigenvalue weighted by atomic mass is 9.96. The van der Waals surface area contributed by atoms with Crippen LogP contribution in [0.4, 0.5) is 17.1 Å². The molecule has 57 heavy (non-hydrogen) atoms. The number of benzene rings is 9. The van der Waals surface area contributed by atoms with Crippen LogP contribution in [0.15, 0.2) is 218 Å². The van der Waals surface area contributed by atoms with Crippen LogP contribution in [0, 0.1) is 0 Å². The highest BCUT2D eigenvalue weighted by atomic mass is 32.1. The highest BCUT2D eigenvalue weighted by molar-refractivity contribution is 7.25. The Morgan fingerprint density at radius 1 is 0.333 bits per heavy atom. The largest absolute Gasteiger partial charge is 0.310 e. The average molecular weight is 745 g/mol. The van der Waals surface area contributed by atoms with Crippen molar-refractivity contribution >= 4 is 70.4 Å². The summed E-state index contributed by atoms with van der Waals surface area (Å²) in [4.78, 5) is 2.41. The Hall–Kier alpha value is -7.20. The number of anilines is 3. The van der Waals surface area contributed by atoms with Gasteiger partial charge < -0.3 is 9.47 Å². The molecule has 0 fully saturated rings. The molecule has 11 rings (SSSR count). The summed E-state index contributed by atoms with van der Waals surface area (Å²) in [6.07, 6.45) is 0. The Labute approximate surface area is 335 Å². The second-order valence-corrected chi connectivity index (χ2v) is 15.6. The normalized spacial score (nSPS) is 11.5. The quantitative estimate of drug-likeness (QED) is 0.158. The highest BCUT2D eigenvalue weighted by Crippen LogP contribution is 2.45. The molecule has 268 valence electrons. The Balaban J connectivity index is 1.13. The molecule has 0 saturated carbocycles. The molecule has 0 amide bonds. The SMILES string of the molecule is c1ccc(-c2ccc(N(c3ccc4c(c3)sc3ccccc34)c3ccc4c5c(-c6cccc(-c7ccccc7)c6)cccc5n(-c5ccccc5)c4c3)cc2)cc1. The molecule has 11 aromatic rings. The van der Waals surface area contributed by atoms with E-state index < -0.39 is 0 Å². The van der Waals surface area contributed by atoms with Gasteiger partial charge in [0.05, 0.1) is 11.0 Å². The molecule has 0 bridgehead atoms. The van der Waals surface area contributed by atoms with E-state index in [1.807, 2.05) is 11.3 Å². The number of para-hydroxylation sites is 1. The van der Waals surface area contributed by atoms with Gasteiger partial charge in [0.25, 0.3) is 0 Å². The zero-order valence-electron chi connectivity index (χ0n) is 31.1. The fraction of sp³-hybridized carbons (Fsp3) is 0. The number of rotatable bonds is 7. The van der Waals surface area contributed by atoms with E-state index in [9.17, 15) is 0 Å². The lowest BCUT2D eigenvalue weighted by Gasteiger charge is -2.26. The van der Waals surface area contributed by atoms with Gasteiger partial charge in [0, 0.05) is 53.7 Å². The summed E-state index contributed by atoms with van der Waals surface area (Å²) < 4.78 is 5.02. The number of hydrogen-bond acceptors (Lipinski definition) is 2. The molecule has 0 N–H and O–H groups in total. The summed E-state index contributed by atoms with van der Waals surface area (Å²) in [7, 11) is 0. The molecule has 2 nitrogen and oxygen atoms in total. The van der Waals surface area contributed by atoms with Crippen LogP contribution in [0.2, 0.25) is 0 Å². The van der Waals surface area contributed by atoms with Crippen LogP contribution in [0.5, 0.6) is 0 Å². The van der Waals surface area contributed by atoms with E-state index >= 15 is 0 Å². The average Bonchev–Trinajstić information content (AvgIpc) is 3.83. The van der Waals surface area contributed by atoms with Crippen LogP contribution in [0.25, 0.3) is 81.0 Å². The van der Waals surface area contributed by atoms with Crippen LogP contribution in [-0.2, 0) is 0 Å². The van der Waals surface area contributed by atoms with E-state index in [0.717, 1.165) is 28.3 Å². The molecular weight excluding hydrogens is 709 g/mol. The van der Waals surface area contributed by atoms with Crippen molar-refractivity contribution < 1.29 is 0 Å². The third-order valence-electron chi connectivity index (χ3n) is 11.2. The van der Waals surface area contributed by atoms with Crippen LogP contribution in [0.3, 0.4) is 0 Å². The third-order valence-corrected chi connectivity index (χ3v) is 12.3. The van der Waals surface area contributed by atoms with Crippen molar-refractivity contribution in [2.45, 2.75) is 0 Å². The Morgan fingerprint density at radius 3 is 1.67 bits per heavy atom. The molecule has 0 saturated heterocycles. The minimum Gasteiger partial charge on any atom is -0.310 e. The van der Waals surface area contributed by atoms with Gasteiger partial charge in [0.15, 0.2) is 0 Å². The van der Waals surface area contributed by atoms with Gasteiger partial charge in [-0.05, 0) is 100 Å². The summed E-state index contributed by atoms with van der Waals surface area (Å²) in [5.41, 5.74) is 14.1. The predicted molar refractivity (Wildman–Crippen MR) is 245 cm³/mol. The molecule has 3 heteroatoms.